The number of rotatable bonds is 7. The zero-order valence-corrected chi connectivity index (χ0v) is 21.1. The van der Waals surface area contributed by atoms with E-state index in [1.165, 1.54) is 16.2 Å². The number of aliphatic carboxylic acids is 1. The number of thiophene rings is 1. The lowest BCUT2D eigenvalue weighted by atomic mass is 9.78. The Balaban J connectivity index is 1.67. The summed E-state index contributed by atoms with van der Waals surface area (Å²) in [6.45, 7) is 0. The third-order valence-corrected chi connectivity index (χ3v) is 8.42. The molecule has 2 fully saturated rings. The van der Waals surface area contributed by atoms with E-state index in [-0.39, 0.29) is 17.6 Å². The third-order valence-electron chi connectivity index (χ3n) is 7.28. The number of carboxylic acids is 1. The second-order valence-corrected chi connectivity index (χ2v) is 10.7. The first-order chi connectivity index (χ1) is 17.5. The molecule has 7 heteroatoms. The minimum absolute atomic E-state index is 0.150. The molecule has 2 heterocycles. The Morgan fingerprint density at radius 2 is 1.69 bits per heavy atom. The first-order valence-corrected chi connectivity index (χ1v) is 13.3. The molecule has 1 amide bonds. The van der Waals surface area contributed by atoms with Gasteiger partial charge in [-0.3, -0.25) is 9.59 Å². The van der Waals surface area contributed by atoms with E-state index in [9.17, 15) is 19.5 Å². The minimum Gasteiger partial charge on any atom is -0.480 e. The number of carboxylic acid groups (broad SMARTS) is 1. The standard InChI is InChI=1S/C29H26ClNO4S/c30-21-14-12-19(13-15-21)24-25(27(32)23-10-5-17-36-23)22(16-11-18-6-2-1-3-7-18)31(26(24)29(34)35)28(33)20-8-4-9-20/h1-3,5-7,10-17,20,22,24-26H,4,8-9H2,(H,34,35). The van der Waals surface area contributed by atoms with Crippen LogP contribution in [0.15, 0.2) is 78.2 Å². The van der Waals surface area contributed by atoms with Crippen LogP contribution in [0.2, 0.25) is 5.02 Å². The molecule has 5 nitrogen and oxygen atoms in total. The van der Waals surface area contributed by atoms with Crippen molar-refractivity contribution < 1.29 is 19.5 Å². The Bertz CT molecular complexity index is 1270. The van der Waals surface area contributed by atoms with Crippen LogP contribution in [0.1, 0.15) is 46.0 Å². The molecule has 4 atom stereocenters. The van der Waals surface area contributed by atoms with Crippen molar-refractivity contribution in [1.82, 2.24) is 4.90 Å². The van der Waals surface area contributed by atoms with Gasteiger partial charge in [0.1, 0.15) is 6.04 Å². The van der Waals surface area contributed by atoms with E-state index in [4.69, 9.17) is 11.6 Å². The van der Waals surface area contributed by atoms with E-state index in [1.54, 1.807) is 30.3 Å². The van der Waals surface area contributed by atoms with Gasteiger partial charge in [0, 0.05) is 16.9 Å². The normalized spacial score (nSPS) is 24.1. The molecule has 2 aliphatic rings. The third kappa shape index (κ3) is 4.63. The predicted molar refractivity (Wildman–Crippen MR) is 141 cm³/mol. The van der Waals surface area contributed by atoms with E-state index in [0.29, 0.717) is 15.5 Å². The molecule has 0 spiro atoms. The van der Waals surface area contributed by atoms with Crippen LogP contribution in [-0.2, 0) is 9.59 Å². The number of ketones is 1. The van der Waals surface area contributed by atoms with Gasteiger partial charge in [0.25, 0.3) is 0 Å². The summed E-state index contributed by atoms with van der Waals surface area (Å²) in [4.78, 5) is 42.6. The predicted octanol–water partition coefficient (Wildman–Crippen LogP) is 6.16. The van der Waals surface area contributed by atoms with Crippen LogP contribution in [0.25, 0.3) is 6.08 Å². The molecule has 1 aliphatic heterocycles. The second-order valence-electron chi connectivity index (χ2n) is 9.36. The van der Waals surface area contributed by atoms with Gasteiger partial charge in [-0.15, -0.1) is 11.3 Å². The average Bonchev–Trinajstić information content (AvgIpc) is 3.49. The number of likely N-dealkylation sites (tertiary alicyclic amines) is 1. The number of benzene rings is 2. The van der Waals surface area contributed by atoms with Gasteiger partial charge >= 0.3 is 5.97 Å². The average molecular weight is 520 g/mol. The van der Waals surface area contributed by atoms with Crippen molar-refractivity contribution >= 4 is 46.7 Å². The van der Waals surface area contributed by atoms with E-state index in [2.05, 4.69) is 0 Å². The number of Topliss-reactive ketones (excluding diaryl/α,β-unsaturated/α-hetero) is 1. The summed E-state index contributed by atoms with van der Waals surface area (Å²) in [6.07, 6.45) is 6.15. The SMILES string of the molecule is O=C(c1cccs1)C1C(c2ccc(Cl)cc2)C(C(=O)O)N(C(=O)C2CCC2)C1C=Cc1ccccc1. The summed E-state index contributed by atoms with van der Waals surface area (Å²) >= 11 is 7.46. The van der Waals surface area contributed by atoms with Crippen LogP contribution in [-0.4, -0.2) is 39.7 Å². The van der Waals surface area contributed by atoms with Crippen molar-refractivity contribution in [2.24, 2.45) is 11.8 Å². The molecule has 36 heavy (non-hydrogen) atoms. The maximum Gasteiger partial charge on any atom is 0.327 e. The summed E-state index contributed by atoms with van der Waals surface area (Å²) in [5, 5.41) is 12.8. The molecule has 0 radical (unpaired) electrons. The fourth-order valence-electron chi connectivity index (χ4n) is 5.33. The highest BCUT2D eigenvalue weighted by molar-refractivity contribution is 7.12. The Morgan fingerprint density at radius 1 is 0.972 bits per heavy atom. The topological polar surface area (TPSA) is 74.7 Å². The van der Waals surface area contributed by atoms with Crippen molar-refractivity contribution in [1.29, 1.82) is 0 Å². The molecule has 2 aromatic carbocycles. The summed E-state index contributed by atoms with van der Waals surface area (Å²) in [5.74, 6) is -3.12. The number of carbonyl (C=O) groups excluding carboxylic acids is 2. The first kappa shape index (κ1) is 24.5. The van der Waals surface area contributed by atoms with Crippen molar-refractivity contribution in [2.75, 3.05) is 0 Å². The highest BCUT2D eigenvalue weighted by Gasteiger charge is 2.57. The van der Waals surface area contributed by atoms with Crippen LogP contribution in [0, 0.1) is 11.8 Å². The van der Waals surface area contributed by atoms with E-state index in [0.717, 1.165) is 24.8 Å². The fourth-order valence-corrected chi connectivity index (χ4v) is 6.16. The van der Waals surface area contributed by atoms with Gasteiger partial charge in [0.2, 0.25) is 5.91 Å². The van der Waals surface area contributed by atoms with Gasteiger partial charge in [-0.25, -0.2) is 4.79 Å². The van der Waals surface area contributed by atoms with Crippen molar-refractivity contribution in [3.8, 4) is 0 Å². The number of nitrogens with zero attached hydrogens (tertiary/aromatic N) is 1. The summed E-state index contributed by atoms with van der Waals surface area (Å²) in [6, 6.07) is 18.3. The van der Waals surface area contributed by atoms with Crippen LogP contribution in [0.5, 0.6) is 0 Å². The minimum atomic E-state index is -1.17. The Labute approximate surface area is 219 Å². The van der Waals surface area contributed by atoms with Gasteiger partial charge in [0.05, 0.1) is 16.8 Å². The van der Waals surface area contributed by atoms with Crippen LogP contribution in [0.3, 0.4) is 0 Å². The summed E-state index contributed by atoms with van der Waals surface area (Å²) < 4.78 is 0. The second kappa shape index (κ2) is 10.4. The molecule has 3 aromatic rings. The number of halogens is 1. The Kier molecular flexibility index (Phi) is 7.08. The van der Waals surface area contributed by atoms with Crippen LogP contribution >= 0.6 is 22.9 Å². The molecule has 184 valence electrons. The Morgan fingerprint density at radius 3 is 2.28 bits per heavy atom. The highest BCUT2D eigenvalue weighted by atomic mass is 35.5. The van der Waals surface area contributed by atoms with E-state index < -0.39 is 29.9 Å². The molecule has 5 rings (SSSR count). The molecule has 1 aromatic heterocycles. The molecule has 1 saturated heterocycles. The van der Waals surface area contributed by atoms with E-state index in [1.807, 2.05) is 53.9 Å². The largest absolute Gasteiger partial charge is 0.480 e. The summed E-state index contributed by atoms with van der Waals surface area (Å²) in [7, 11) is 0. The highest BCUT2D eigenvalue weighted by Crippen LogP contribution is 2.47. The first-order valence-electron chi connectivity index (χ1n) is 12.1. The van der Waals surface area contributed by atoms with E-state index >= 15 is 0 Å². The van der Waals surface area contributed by atoms with Gasteiger partial charge in [-0.2, -0.15) is 0 Å². The lowest BCUT2D eigenvalue weighted by molar-refractivity contribution is -0.152. The van der Waals surface area contributed by atoms with Gasteiger partial charge in [-0.05, 0) is 47.5 Å². The quantitative estimate of drug-likeness (QED) is 0.379. The molecular weight excluding hydrogens is 494 g/mol. The van der Waals surface area contributed by atoms with Gasteiger partial charge < -0.3 is 10.0 Å². The number of hydrogen-bond acceptors (Lipinski definition) is 4. The molecule has 4 unspecified atom stereocenters. The van der Waals surface area contributed by atoms with Crippen molar-refractivity contribution in [2.45, 2.75) is 37.3 Å². The molecule has 1 saturated carbocycles. The fraction of sp³-hybridized carbons (Fsp3) is 0.276. The lowest BCUT2D eigenvalue weighted by Crippen LogP contribution is -2.49. The number of hydrogen-bond donors (Lipinski definition) is 1. The zero-order valence-electron chi connectivity index (χ0n) is 19.5. The monoisotopic (exact) mass is 519 g/mol. The summed E-state index contributed by atoms with van der Waals surface area (Å²) in [5.41, 5.74) is 1.60. The maximum atomic E-state index is 14.0. The van der Waals surface area contributed by atoms with Crippen LogP contribution < -0.4 is 0 Å². The number of carbonyl (C=O) groups is 3. The van der Waals surface area contributed by atoms with Gasteiger partial charge in [0.15, 0.2) is 5.78 Å². The van der Waals surface area contributed by atoms with Crippen molar-refractivity contribution in [3.63, 3.8) is 0 Å². The number of amides is 1. The maximum absolute atomic E-state index is 14.0. The molecule has 1 N–H and O–H groups in total. The van der Waals surface area contributed by atoms with Crippen LogP contribution in [0.4, 0.5) is 0 Å². The Hall–Kier alpha value is -3.22. The molecule has 0 bridgehead atoms. The molecular formula is C29H26ClNO4S. The van der Waals surface area contributed by atoms with Gasteiger partial charge in [-0.1, -0.05) is 78.7 Å². The van der Waals surface area contributed by atoms with Crippen molar-refractivity contribution in [3.05, 3.63) is 99.2 Å². The zero-order chi connectivity index (χ0) is 25.2. The lowest BCUT2D eigenvalue weighted by Gasteiger charge is -2.35. The smallest absolute Gasteiger partial charge is 0.327 e. The molecule has 1 aliphatic carbocycles.